The highest BCUT2D eigenvalue weighted by Crippen LogP contribution is 2.60. The molecule has 0 nitrogen and oxygen atoms in total. The van der Waals surface area contributed by atoms with Crippen molar-refractivity contribution in [3.63, 3.8) is 0 Å². The van der Waals surface area contributed by atoms with Crippen molar-refractivity contribution < 1.29 is 12.4 Å². The standard InChI is InChI=1S/C7H15ClP.ClH/c1-9(7-4-8)5-2-3-6-9;/h2-7H2,1H3;1H/q+1;/p-1. The Balaban J connectivity index is 0.000000810. The van der Waals surface area contributed by atoms with Crippen molar-refractivity contribution in [2.45, 2.75) is 12.8 Å². The Morgan fingerprint density at radius 2 is 1.80 bits per heavy atom. The van der Waals surface area contributed by atoms with E-state index in [9.17, 15) is 0 Å². The fraction of sp³-hybridized carbons (Fsp3) is 1.00. The number of hydrogen-bond acceptors (Lipinski definition) is 0. The molecule has 0 unspecified atom stereocenters. The molecule has 1 aliphatic heterocycles. The third-order valence-corrected chi connectivity index (χ3v) is 6.82. The Kier molecular flexibility index (Phi) is 5.29. The van der Waals surface area contributed by atoms with Crippen LogP contribution in [0, 0.1) is 0 Å². The highest BCUT2D eigenvalue weighted by Gasteiger charge is 2.34. The lowest BCUT2D eigenvalue weighted by molar-refractivity contribution is -0.00000199. The van der Waals surface area contributed by atoms with Crippen LogP contribution in [0.2, 0.25) is 0 Å². The first kappa shape index (κ1) is 11.0. The molecule has 1 fully saturated rings. The van der Waals surface area contributed by atoms with Gasteiger partial charge in [0.15, 0.2) is 0 Å². The van der Waals surface area contributed by atoms with E-state index < -0.39 is 7.26 Å². The second-order valence-corrected chi connectivity index (χ2v) is 8.15. The highest BCUT2D eigenvalue weighted by atomic mass is 35.5. The fourth-order valence-electron chi connectivity index (χ4n) is 1.53. The topological polar surface area (TPSA) is 0 Å². The molecule has 0 aromatic heterocycles. The van der Waals surface area contributed by atoms with E-state index in [0.29, 0.717) is 0 Å². The molecule has 3 heteroatoms. The summed E-state index contributed by atoms with van der Waals surface area (Å²) in [7, 11) is -0.452. The van der Waals surface area contributed by atoms with Crippen LogP contribution in [0.3, 0.4) is 0 Å². The van der Waals surface area contributed by atoms with Gasteiger partial charge >= 0.3 is 0 Å². The molecule has 62 valence electrons. The Labute approximate surface area is 75.5 Å². The molecule has 10 heavy (non-hydrogen) atoms. The lowest BCUT2D eigenvalue weighted by Gasteiger charge is -2.13. The summed E-state index contributed by atoms with van der Waals surface area (Å²) >= 11 is 5.70. The molecule has 0 aromatic carbocycles. The van der Waals surface area contributed by atoms with E-state index in [1.54, 1.807) is 0 Å². The Morgan fingerprint density at radius 3 is 2.20 bits per heavy atom. The monoisotopic (exact) mass is 200 g/mol. The van der Waals surface area contributed by atoms with Crippen LogP contribution in [0.4, 0.5) is 0 Å². The quantitative estimate of drug-likeness (QED) is 0.424. The first-order valence-corrected chi connectivity index (χ1v) is 6.99. The van der Waals surface area contributed by atoms with Gasteiger partial charge < -0.3 is 12.4 Å². The van der Waals surface area contributed by atoms with E-state index in [4.69, 9.17) is 11.6 Å². The molecule has 0 radical (unpaired) electrons. The predicted molar refractivity (Wildman–Crippen MR) is 47.4 cm³/mol. The molecule has 1 rings (SSSR count). The summed E-state index contributed by atoms with van der Waals surface area (Å²) in [5.41, 5.74) is 0. The SMILES string of the molecule is C[P+]1(CCCl)CCCC1.[Cl-]. The normalized spacial score (nSPS) is 22.2. The van der Waals surface area contributed by atoms with Crippen molar-refractivity contribution in [2.75, 3.05) is 31.0 Å². The van der Waals surface area contributed by atoms with E-state index in [-0.39, 0.29) is 12.4 Å². The van der Waals surface area contributed by atoms with E-state index in [2.05, 4.69) is 6.66 Å². The lowest BCUT2D eigenvalue weighted by atomic mass is 10.4. The van der Waals surface area contributed by atoms with Crippen LogP contribution in [0.1, 0.15) is 12.8 Å². The number of rotatable bonds is 2. The maximum absolute atomic E-state index is 5.70. The minimum Gasteiger partial charge on any atom is -1.00 e. The molecular weight excluding hydrogens is 186 g/mol. The first-order valence-electron chi connectivity index (χ1n) is 3.66. The number of hydrogen-bond donors (Lipinski definition) is 0. The van der Waals surface area contributed by atoms with Gasteiger partial charge in [0.2, 0.25) is 0 Å². The molecular formula is C7H15Cl2P. The van der Waals surface area contributed by atoms with Crippen molar-refractivity contribution in [1.82, 2.24) is 0 Å². The van der Waals surface area contributed by atoms with Crippen molar-refractivity contribution >= 4 is 18.9 Å². The molecule has 1 aliphatic rings. The molecule has 1 saturated heterocycles. The van der Waals surface area contributed by atoms with E-state index in [0.717, 1.165) is 5.88 Å². The van der Waals surface area contributed by atoms with Crippen molar-refractivity contribution in [1.29, 1.82) is 0 Å². The first-order chi connectivity index (χ1) is 4.27. The minimum atomic E-state index is -0.452. The van der Waals surface area contributed by atoms with Crippen LogP contribution in [0.15, 0.2) is 0 Å². The van der Waals surface area contributed by atoms with Gasteiger partial charge in [0.25, 0.3) is 0 Å². The summed E-state index contributed by atoms with van der Waals surface area (Å²) < 4.78 is 0. The summed E-state index contributed by atoms with van der Waals surface area (Å²) in [4.78, 5) is 0. The minimum absolute atomic E-state index is 0. The van der Waals surface area contributed by atoms with E-state index in [1.165, 1.54) is 31.3 Å². The van der Waals surface area contributed by atoms with Gasteiger partial charge in [-0.1, -0.05) is 0 Å². The summed E-state index contributed by atoms with van der Waals surface area (Å²) in [5.74, 6) is 0.893. The van der Waals surface area contributed by atoms with E-state index in [1.807, 2.05) is 0 Å². The van der Waals surface area contributed by atoms with Gasteiger partial charge in [0, 0.05) is 13.9 Å². The van der Waals surface area contributed by atoms with Crippen LogP contribution < -0.4 is 12.4 Å². The number of halogens is 2. The average molecular weight is 201 g/mol. The van der Waals surface area contributed by atoms with Crippen molar-refractivity contribution in [3.8, 4) is 0 Å². The zero-order chi connectivity index (χ0) is 6.74. The lowest BCUT2D eigenvalue weighted by Crippen LogP contribution is -3.00. The van der Waals surface area contributed by atoms with Crippen LogP contribution >= 0.6 is 18.9 Å². The Bertz CT molecular complexity index is 89.6. The molecule has 0 aliphatic carbocycles. The maximum atomic E-state index is 5.70. The van der Waals surface area contributed by atoms with Gasteiger partial charge in [-0.2, -0.15) is 0 Å². The van der Waals surface area contributed by atoms with Gasteiger partial charge in [0.05, 0.1) is 24.4 Å². The van der Waals surface area contributed by atoms with Crippen molar-refractivity contribution in [2.24, 2.45) is 0 Å². The third-order valence-electron chi connectivity index (χ3n) is 2.27. The zero-order valence-corrected chi connectivity index (χ0v) is 8.85. The Hall–Kier alpha value is 1.01. The largest absolute Gasteiger partial charge is 1.00 e. The fourth-order valence-corrected chi connectivity index (χ4v) is 5.80. The summed E-state index contributed by atoms with van der Waals surface area (Å²) in [6, 6.07) is 0. The van der Waals surface area contributed by atoms with Crippen LogP contribution in [-0.2, 0) is 0 Å². The predicted octanol–water partition coefficient (Wildman–Crippen LogP) is -0.330. The second-order valence-electron chi connectivity index (χ2n) is 3.19. The molecule has 1 heterocycles. The number of alkyl halides is 1. The molecule has 0 bridgehead atoms. The van der Waals surface area contributed by atoms with Crippen LogP contribution in [-0.4, -0.2) is 31.0 Å². The smallest absolute Gasteiger partial charge is 0.0727 e. The van der Waals surface area contributed by atoms with Gasteiger partial charge in [-0.25, -0.2) is 0 Å². The third kappa shape index (κ3) is 2.95. The van der Waals surface area contributed by atoms with E-state index >= 15 is 0 Å². The molecule has 0 saturated carbocycles. The van der Waals surface area contributed by atoms with Gasteiger partial charge in [-0.15, -0.1) is 11.6 Å². The van der Waals surface area contributed by atoms with Gasteiger partial charge in [0.1, 0.15) is 0 Å². The highest BCUT2D eigenvalue weighted by molar-refractivity contribution is 7.75. The second kappa shape index (κ2) is 4.80. The van der Waals surface area contributed by atoms with Crippen LogP contribution in [0.25, 0.3) is 0 Å². The van der Waals surface area contributed by atoms with Crippen molar-refractivity contribution in [3.05, 3.63) is 0 Å². The molecule has 0 spiro atoms. The van der Waals surface area contributed by atoms with Crippen LogP contribution in [0.5, 0.6) is 0 Å². The molecule has 0 N–H and O–H groups in total. The zero-order valence-electron chi connectivity index (χ0n) is 6.45. The molecule has 0 amide bonds. The van der Waals surface area contributed by atoms with Gasteiger partial charge in [-0.05, 0) is 12.8 Å². The maximum Gasteiger partial charge on any atom is 0.0727 e. The van der Waals surface area contributed by atoms with Gasteiger partial charge in [-0.3, -0.25) is 0 Å². The summed E-state index contributed by atoms with van der Waals surface area (Å²) in [6.45, 7) is 2.47. The molecule has 0 aromatic rings. The average Bonchev–Trinajstić information content (AvgIpc) is 2.16. The Morgan fingerprint density at radius 1 is 1.30 bits per heavy atom. The summed E-state index contributed by atoms with van der Waals surface area (Å²) in [6.07, 6.45) is 7.30. The molecule has 0 atom stereocenters. The summed E-state index contributed by atoms with van der Waals surface area (Å²) in [5, 5.41) is 0.